The highest BCUT2D eigenvalue weighted by Gasteiger charge is 2.10. The second-order valence-corrected chi connectivity index (χ2v) is 6.15. The van der Waals surface area contributed by atoms with Gasteiger partial charge in [-0.15, -0.1) is 11.3 Å². The molecule has 3 rings (SSSR count). The molecule has 0 aliphatic rings. The van der Waals surface area contributed by atoms with Crippen LogP contribution in [0.5, 0.6) is 0 Å². The van der Waals surface area contributed by atoms with Crippen molar-refractivity contribution in [2.75, 3.05) is 19.0 Å². The molecular formula is C15H17N3S. The Bertz CT molecular complexity index is 720. The number of hydrogen-bond donors (Lipinski definition) is 0. The number of thiazole rings is 1. The Hall–Kier alpha value is -1.81. The molecule has 0 spiro atoms. The Morgan fingerprint density at radius 2 is 1.79 bits per heavy atom. The molecule has 3 nitrogen and oxygen atoms in total. The van der Waals surface area contributed by atoms with Gasteiger partial charge in [-0.25, -0.2) is 4.98 Å². The number of rotatable bonds is 2. The van der Waals surface area contributed by atoms with E-state index in [0.717, 1.165) is 10.7 Å². The third kappa shape index (κ3) is 2.02. The lowest BCUT2D eigenvalue weighted by Gasteiger charge is -2.12. The van der Waals surface area contributed by atoms with Crippen LogP contribution in [0.15, 0.2) is 30.5 Å². The first-order chi connectivity index (χ1) is 9.06. The second-order valence-electron chi connectivity index (χ2n) is 4.96. The summed E-state index contributed by atoms with van der Waals surface area (Å²) in [4.78, 5) is 9.21. The molecule has 2 heterocycles. The predicted octanol–water partition coefficient (Wildman–Crippen LogP) is 3.75. The van der Waals surface area contributed by atoms with Gasteiger partial charge in [-0.3, -0.25) is 4.40 Å². The lowest BCUT2D eigenvalue weighted by molar-refractivity contribution is 1.11. The van der Waals surface area contributed by atoms with E-state index in [0.29, 0.717) is 0 Å². The van der Waals surface area contributed by atoms with Gasteiger partial charge < -0.3 is 4.90 Å². The highest BCUT2D eigenvalue weighted by Crippen LogP contribution is 2.27. The van der Waals surface area contributed by atoms with Gasteiger partial charge in [0.05, 0.1) is 5.69 Å². The molecule has 1 aromatic carbocycles. The highest BCUT2D eigenvalue weighted by atomic mass is 32.1. The number of benzene rings is 1. The predicted molar refractivity (Wildman–Crippen MR) is 82.3 cm³/mol. The average Bonchev–Trinajstić information content (AvgIpc) is 2.91. The summed E-state index contributed by atoms with van der Waals surface area (Å²) < 4.78 is 2.18. The van der Waals surface area contributed by atoms with E-state index in [1.54, 1.807) is 11.3 Å². The first-order valence-corrected chi connectivity index (χ1v) is 7.11. The SMILES string of the molecule is Cc1sc2nc(-c3ccc(N(C)C)cc3)cn2c1C. The van der Waals surface area contributed by atoms with E-state index in [1.807, 2.05) is 14.1 Å². The van der Waals surface area contributed by atoms with E-state index in [9.17, 15) is 0 Å². The molecule has 0 bridgehead atoms. The molecule has 3 aromatic rings. The zero-order valence-corrected chi connectivity index (χ0v) is 12.5. The molecule has 0 aliphatic heterocycles. The van der Waals surface area contributed by atoms with Crippen molar-refractivity contribution in [1.82, 2.24) is 9.38 Å². The number of nitrogens with zero attached hydrogens (tertiary/aromatic N) is 3. The molecule has 98 valence electrons. The van der Waals surface area contributed by atoms with Crippen molar-refractivity contribution < 1.29 is 0 Å². The molecule has 0 saturated carbocycles. The van der Waals surface area contributed by atoms with Crippen molar-refractivity contribution in [3.8, 4) is 11.3 Å². The molecule has 19 heavy (non-hydrogen) atoms. The zero-order chi connectivity index (χ0) is 13.6. The monoisotopic (exact) mass is 271 g/mol. The molecule has 0 fully saturated rings. The summed E-state index contributed by atoms with van der Waals surface area (Å²) in [7, 11) is 4.10. The minimum absolute atomic E-state index is 1.04. The fraction of sp³-hybridized carbons (Fsp3) is 0.267. The third-order valence-corrected chi connectivity index (χ3v) is 4.54. The number of aryl methyl sites for hydroxylation is 2. The molecule has 0 amide bonds. The summed E-state index contributed by atoms with van der Waals surface area (Å²) in [5.74, 6) is 0. The van der Waals surface area contributed by atoms with E-state index in [-0.39, 0.29) is 0 Å². The van der Waals surface area contributed by atoms with Gasteiger partial charge in [0.15, 0.2) is 4.96 Å². The van der Waals surface area contributed by atoms with Crippen LogP contribution in [0.4, 0.5) is 5.69 Å². The summed E-state index contributed by atoms with van der Waals surface area (Å²) in [6.45, 7) is 4.28. The quantitative estimate of drug-likeness (QED) is 0.707. The fourth-order valence-electron chi connectivity index (χ4n) is 2.13. The van der Waals surface area contributed by atoms with Crippen LogP contribution >= 0.6 is 11.3 Å². The van der Waals surface area contributed by atoms with Crippen LogP contribution < -0.4 is 4.90 Å². The molecule has 0 saturated heterocycles. The van der Waals surface area contributed by atoms with Crippen molar-refractivity contribution in [1.29, 1.82) is 0 Å². The van der Waals surface area contributed by atoms with Gasteiger partial charge >= 0.3 is 0 Å². The molecule has 0 aliphatic carbocycles. The van der Waals surface area contributed by atoms with Gasteiger partial charge in [0, 0.05) is 42.1 Å². The minimum atomic E-state index is 1.04. The first kappa shape index (κ1) is 12.2. The summed E-state index contributed by atoms with van der Waals surface area (Å²) in [6.07, 6.45) is 2.12. The van der Waals surface area contributed by atoms with Crippen molar-refractivity contribution in [2.24, 2.45) is 0 Å². The van der Waals surface area contributed by atoms with E-state index in [1.165, 1.54) is 21.8 Å². The Kier molecular flexibility index (Phi) is 2.82. The van der Waals surface area contributed by atoms with Crippen molar-refractivity contribution >= 4 is 22.0 Å². The fourth-order valence-corrected chi connectivity index (χ4v) is 3.08. The number of imidazole rings is 1. The summed E-state index contributed by atoms with van der Waals surface area (Å²) in [5.41, 5.74) is 4.69. The molecule has 4 heteroatoms. The van der Waals surface area contributed by atoms with Crippen LogP contribution in [-0.2, 0) is 0 Å². The third-order valence-electron chi connectivity index (χ3n) is 3.47. The number of aromatic nitrogens is 2. The lowest BCUT2D eigenvalue weighted by Crippen LogP contribution is -2.07. The smallest absolute Gasteiger partial charge is 0.194 e. The molecule has 0 radical (unpaired) electrons. The van der Waals surface area contributed by atoms with Crippen molar-refractivity contribution in [2.45, 2.75) is 13.8 Å². The lowest BCUT2D eigenvalue weighted by atomic mass is 10.1. The van der Waals surface area contributed by atoms with Crippen molar-refractivity contribution in [3.63, 3.8) is 0 Å². The van der Waals surface area contributed by atoms with Crippen LogP contribution in [0.2, 0.25) is 0 Å². The maximum atomic E-state index is 4.71. The summed E-state index contributed by atoms with van der Waals surface area (Å²) in [6, 6.07) is 8.51. The molecule has 0 unspecified atom stereocenters. The largest absolute Gasteiger partial charge is 0.378 e. The van der Waals surface area contributed by atoms with Gasteiger partial charge in [-0.2, -0.15) is 0 Å². The second kappa shape index (κ2) is 4.38. The molecular weight excluding hydrogens is 254 g/mol. The van der Waals surface area contributed by atoms with Gasteiger partial charge in [0.2, 0.25) is 0 Å². The average molecular weight is 271 g/mol. The van der Waals surface area contributed by atoms with Gasteiger partial charge in [0.25, 0.3) is 0 Å². The topological polar surface area (TPSA) is 20.5 Å². The number of fused-ring (bicyclic) bond motifs is 1. The molecule has 0 N–H and O–H groups in total. The Balaban J connectivity index is 2.04. The summed E-state index contributed by atoms with van der Waals surface area (Å²) in [5, 5.41) is 0. The Labute approximate surface area is 117 Å². The maximum absolute atomic E-state index is 4.71. The van der Waals surface area contributed by atoms with E-state index in [2.05, 4.69) is 53.6 Å². The van der Waals surface area contributed by atoms with E-state index < -0.39 is 0 Å². The zero-order valence-electron chi connectivity index (χ0n) is 11.6. The number of hydrogen-bond acceptors (Lipinski definition) is 3. The van der Waals surface area contributed by atoms with E-state index in [4.69, 9.17) is 4.98 Å². The minimum Gasteiger partial charge on any atom is -0.378 e. The Morgan fingerprint density at radius 3 is 2.37 bits per heavy atom. The normalized spacial score (nSPS) is 11.2. The van der Waals surface area contributed by atoms with Gasteiger partial charge in [-0.1, -0.05) is 12.1 Å². The van der Waals surface area contributed by atoms with Gasteiger partial charge in [-0.05, 0) is 26.0 Å². The van der Waals surface area contributed by atoms with Crippen LogP contribution in [-0.4, -0.2) is 23.5 Å². The Morgan fingerprint density at radius 1 is 1.11 bits per heavy atom. The maximum Gasteiger partial charge on any atom is 0.194 e. The van der Waals surface area contributed by atoms with Gasteiger partial charge in [0.1, 0.15) is 0 Å². The standard InChI is InChI=1S/C15H17N3S/c1-10-11(2)19-15-16-14(9-18(10)15)12-5-7-13(8-6-12)17(3)4/h5-9H,1-4H3. The van der Waals surface area contributed by atoms with Crippen LogP contribution in [0.3, 0.4) is 0 Å². The van der Waals surface area contributed by atoms with Crippen LogP contribution in [0.25, 0.3) is 16.2 Å². The molecule has 0 atom stereocenters. The highest BCUT2D eigenvalue weighted by molar-refractivity contribution is 7.17. The van der Waals surface area contributed by atoms with Crippen molar-refractivity contribution in [3.05, 3.63) is 41.0 Å². The van der Waals surface area contributed by atoms with E-state index >= 15 is 0 Å². The summed E-state index contributed by atoms with van der Waals surface area (Å²) >= 11 is 1.75. The first-order valence-electron chi connectivity index (χ1n) is 6.29. The van der Waals surface area contributed by atoms with Crippen LogP contribution in [0.1, 0.15) is 10.6 Å². The van der Waals surface area contributed by atoms with Crippen LogP contribution in [0, 0.1) is 13.8 Å². The molecule has 2 aromatic heterocycles. The number of anilines is 1.